The number of aliphatic hydroxyl groups excluding tert-OH is 8. The maximum Gasteiger partial charge on any atom is 0.337 e. The lowest BCUT2D eigenvalue weighted by atomic mass is 9.81. The van der Waals surface area contributed by atoms with Gasteiger partial charge in [0.25, 0.3) is 0 Å². The third-order valence-corrected chi connectivity index (χ3v) is 11.4. The number of carbonyl (C=O) groups is 1. The molecule has 0 unspecified atom stereocenters. The van der Waals surface area contributed by atoms with Crippen molar-refractivity contribution in [2.24, 2.45) is 17.8 Å². The van der Waals surface area contributed by atoms with Crippen LogP contribution < -0.4 is 0 Å². The molecule has 19 nitrogen and oxygen atoms in total. The average Bonchev–Trinajstić information content (AvgIpc) is 3.58. The number of hydrogen-bond donors (Lipinski definition) is 10. The Bertz CT molecular complexity index is 1350. The largest absolute Gasteiger partial charge is 0.472 e. The predicted octanol–water partition coefficient (Wildman–Crippen LogP) is -5.06. The molecule has 7 rings (SSSR count). The second kappa shape index (κ2) is 12.8. The van der Waals surface area contributed by atoms with E-state index in [0.29, 0.717) is 0 Å². The van der Waals surface area contributed by atoms with Gasteiger partial charge in [-0.3, -0.25) is 0 Å². The van der Waals surface area contributed by atoms with Crippen molar-refractivity contribution in [1.29, 1.82) is 0 Å². The predicted molar refractivity (Wildman–Crippen MR) is 155 cm³/mol. The van der Waals surface area contributed by atoms with Gasteiger partial charge in [-0.05, 0) is 32.8 Å². The summed E-state index contributed by atoms with van der Waals surface area (Å²) in [6.07, 6.45) is -16.7. The third kappa shape index (κ3) is 5.58. The van der Waals surface area contributed by atoms with E-state index in [0.717, 1.165) is 12.5 Å². The van der Waals surface area contributed by atoms with E-state index >= 15 is 0 Å². The van der Waals surface area contributed by atoms with Gasteiger partial charge < -0.3 is 89.0 Å². The van der Waals surface area contributed by atoms with Gasteiger partial charge in [0.15, 0.2) is 18.7 Å². The SMILES string of the molecule is C[C@]12O[C@H]1[C@H](OC(=O)C1=CO[C@H](O[C@H]3O[C@@H](CO)[C@H](O)[C@@H](O)[C@@H]3O)[C@H]3[C@@H]1CC[C@]3(C)O)[C@]1(O)C=CO[C@H](O[C@H]3O[C@@H](CO)[C@H](O)[C@@H](O)[C@@H]3O)[C@@H]12. The Kier molecular flexibility index (Phi) is 9.31. The molecule has 20 atom stereocenters. The summed E-state index contributed by atoms with van der Waals surface area (Å²) in [5.74, 6) is -3.58. The van der Waals surface area contributed by atoms with E-state index in [-0.39, 0.29) is 18.4 Å². The minimum atomic E-state index is -1.93. The lowest BCUT2D eigenvalue weighted by Crippen LogP contribution is -2.62. The molecule has 0 bridgehead atoms. The summed E-state index contributed by atoms with van der Waals surface area (Å²) in [5.41, 5.74) is -4.53. The van der Waals surface area contributed by atoms with Gasteiger partial charge in [0.2, 0.25) is 12.6 Å². The summed E-state index contributed by atoms with van der Waals surface area (Å²) in [6, 6.07) is 0. The molecule has 19 heteroatoms. The second-order valence-corrected chi connectivity index (χ2v) is 14.5. The van der Waals surface area contributed by atoms with E-state index in [4.69, 9.17) is 37.9 Å². The molecule has 5 fully saturated rings. The van der Waals surface area contributed by atoms with Gasteiger partial charge in [0, 0.05) is 5.92 Å². The van der Waals surface area contributed by atoms with Gasteiger partial charge in [-0.25, -0.2) is 4.79 Å². The first kappa shape index (κ1) is 36.3. The molecule has 0 amide bonds. The summed E-state index contributed by atoms with van der Waals surface area (Å²) in [7, 11) is 0. The molecule has 0 radical (unpaired) electrons. The highest BCUT2D eigenvalue weighted by molar-refractivity contribution is 5.89. The van der Waals surface area contributed by atoms with Crippen molar-refractivity contribution in [2.45, 2.75) is 130 Å². The van der Waals surface area contributed by atoms with Crippen LogP contribution in [0.2, 0.25) is 0 Å². The zero-order chi connectivity index (χ0) is 36.1. The van der Waals surface area contributed by atoms with E-state index in [1.807, 2.05) is 0 Å². The van der Waals surface area contributed by atoms with Crippen LogP contribution in [0.1, 0.15) is 26.7 Å². The van der Waals surface area contributed by atoms with E-state index < -0.39 is 140 Å². The van der Waals surface area contributed by atoms with Gasteiger partial charge in [-0.15, -0.1) is 0 Å². The number of carbonyl (C=O) groups excluding carboxylic acids is 1. The molecule has 0 aromatic heterocycles. The Balaban J connectivity index is 1.08. The molecule has 50 heavy (non-hydrogen) atoms. The van der Waals surface area contributed by atoms with E-state index in [2.05, 4.69) is 0 Å². The molecule has 5 heterocycles. The molecular weight excluding hydrogens is 676 g/mol. The molecule has 10 N–H and O–H groups in total. The van der Waals surface area contributed by atoms with Crippen molar-refractivity contribution in [1.82, 2.24) is 0 Å². The summed E-state index contributed by atoms with van der Waals surface area (Å²) in [5, 5.41) is 104. The standard InChI is InChI=1S/C31H44O19/c1-29(41)4-3-10-11(9-44-25(14(10)29)48-26-19(38)17(36)15(34)12(7-32)45-26)24(40)47-23-22-30(2,50-22)21-28(43-6-5-31(21,23)42)49-27-20(39)18(37)16(35)13(8-33)46-27/h5-6,9-10,12-23,25-28,32-39,41-42H,3-4,7-8H2,1-2H3/t10-,12+,13+,14-,15+,16+,17-,18-,19+,20+,21-,22+,23+,25-,26-,27-,28-,29+,30-,31+/m1/s1. The lowest BCUT2D eigenvalue weighted by Gasteiger charge is -2.45. The molecule has 7 aliphatic rings. The van der Waals surface area contributed by atoms with Gasteiger partial charge >= 0.3 is 5.97 Å². The fourth-order valence-electron chi connectivity index (χ4n) is 8.48. The van der Waals surface area contributed by atoms with E-state index in [9.17, 15) is 55.9 Å². The monoisotopic (exact) mass is 720 g/mol. The quantitative estimate of drug-likeness (QED) is 0.0829. The fourth-order valence-corrected chi connectivity index (χ4v) is 8.48. The van der Waals surface area contributed by atoms with Crippen molar-refractivity contribution in [3.8, 4) is 0 Å². The van der Waals surface area contributed by atoms with Crippen LogP contribution in [0.3, 0.4) is 0 Å². The van der Waals surface area contributed by atoms with Crippen molar-refractivity contribution < 1.29 is 93.8 Å². The van der Waals surface area contributed by atoms with Gasteiger partial charge in [-0.2, -0.15) is 0 Å². The van der Waals surface area contributed by atoms with E-state index in [1.165, 1.54) is 13.0 Å². The first-order chi connectivity index (χ1) is 23.6. The summed E-state index contributed by atoms with van der Waals surface area (Å²) < 4.78 is 45.8. The Morgan fingerprint density at radius 1 is 0.820 bits per heavy atom. The van der Waals surface area contributed by atoms with Gasteiger partial charge in [0.05, 0.1) is 48.7 Å². The molecule has 2 aliphatic carbocycles. The molecular formula is C31H44O19. The molecule has 2 saturated carbocycles. The molecule has 5 aliphatic heterocycles. The highest BCUT2D eigenvalue weighted by atomic mass is 16.8. The van der Waals surface area contributed by atoms with Gasteiger partial charge in [0.1, 0.15) is 66.1 Å². The van der Waals surface area contributed by atoms with Crippen molar-refractivity contribution >= 4 is 5.97 Å². The number of aliphatic hydroxyl groups is 10. The number of epoxide rings is 1. The Hall–Kier alpha value is -2.05. The van der Waals surface area contributed by atoms with Crippen molar-refractivity contribution in [3.63, 3.8) is 0 Å². The first-order valence-corrected chi connectivity index (χ1v) is 16.5. The normalized spacial score (nSPS) is 55.2. The van der Waals surface area contributed by atoms with Crippen LogP contribution in [0.15, 0.2) is 24.2 Å². The highest BCUT2D eigenvalue weighted by Crippen LogP contribution is 2.62. The number of esters is 1. The molecule has 0 aromatic rings. The van der Waals surface area contributed by atoms with Crippen LogP contribution in [0.4, 0.5) is 0 Å². The maximum absolute atomic E-state index is 13.9. The van der Waals surface area contributed by atoms with Crippen LogP contribution in [0.5, 0.6) is 0 Å². The highest BCUT2D eigenvalue weighted by Gasteiger charge is 2.81. The topological polar surface area (TPSA) is 297 Å². The molecule has 282 valence electrons. The first-order valence-electron chi connectivity index (χ1n) is 16.5. The molecule has 0 spiro atoms. The van der Waals surface area contributed by atoms with Crippen LogP contribution >= 0.6 is 0 Å². The maximum atomic E-state index is 13.9. The summed E-state index contributed by atoms with van der Waals surface area (Å²) in [6.45, 7) is 1.79. The number of hydrogen-bond acceptors (Lipinski definition) is 19. The Morgan fingerprint density at radius 2 is 1.40 bits per heavy atom. The molecule has 0 aromatic carbocycles. The Labute approximate surface area is 284 Å². The van der Waals surface area contributed by atoms with Crippen molar-refractivity contribution in [3.05, 3.63) is 24.2 Å². The van der Waals surface area contributed by atoms with Crippen molar-refractivity contribution in [2.75, 3.05) is 13.2 Å². The fraction of sp³-hybridized carbons (Fsp3) is 0.839. The third-order valence-electron chi connectivity index (χ3n) is 11.4. The number of ether oxygens (including phenoxy) is 8. The Morgan fingerprint density at radius 3 is 1.98 bits per heavy atom. The van der Waals surface area contributed by atoms with Gasteiger partial charge in [-0.1, -0.05) is 0 Å². The average molecular weight is 721 g/mol. The zero-order valence-corrected chi connectivity index (χ0v) is 27.0. The van der Waals surface area contributed by atoms with Crippen LogP contribution in [-0.4, -0.2) is 173 Å². The lowest BCUT2D eigenvalue weighted by molar-refractivity contribution is -0.350. The minimum Gasteiger partial charge on any atom is -0.472 e. The van der Waals surface area contributed by atoms with Crippen LogP contribution in [0.25, 0.3) is 0 Å². The summed E-state index contributed by atoms with van der Waals surface area (Å²) in [4.78, 5) is 13.9. The summed E-state index contributed by atoms with van der Waals surface area (Å²) >= 11 is 0. The van der Waals surface area contributed by atoms with Crippen LogP contribution in [-0.2, 0) is 42.7 Å². The molecule has 3 saturated heterocycles. The number of fused-ring (bicyclic) bond motifs is 4. The second-order valence-electron chi connectivity index (χ2n) is 14.5. The smallest absolute Gasteiger partial charge is 0.337 e. The van der Waals surface area contributed by atoms with Crippen LogP contribution in [0, 0.1) is 17.8 Å². The number of rotatable bonds is 8. The zero-order valence-electron chi connectivity index (χ0n) is 27.0. The van der Waals surface area contributed by atoms with E-state index in [1.54, 1.807) is 6.92 Å². The minimum absolute atomic E-state index is 0.0148.